The van der Waals surface area contributed by atoms with Gasteiger partial charge in [-0.3, -0.25) is 19.1 Å². The molecule has 5 heterocycles. The highest BCUT2D eigenvalue weighted by Crippen LogP contribution is 2.32. The van der Waals surface area contributed by atoms with Gasteiger partial charge >= 0.3 is 0 Å². The van der Waals surface area contributed by atoms with Crippen LogP contribution in [0.1, 0.15) is 61.0 Å². The molecule has 11 heteroatoms. The number of halogens is 1. The van der Waals surface area contributed by atoms with Crippen LogP contribution in [0.2, 0.25) is 0 Å². The second-order valence-corrected chi connectivity index (χ2v) is 11.7. The highest BCUT2D eigenvalue weighted by Gasteiger charge is 2.28. The first-order chi connectivity index (χ1) is 19.9. The van der Waals surface area contributed by atoms with Crippen molar-refractivity contribution >= 4 is 34.3 Å². The van der Waals surface area contributed by atoms with Crippen LogP contribution in [0, 0.1) is 12.8 Å². The van der Waals surface area contributed by atoms with Crippen molar-refractivity contribution in [1.29, 1.82) is 0 Å². The van der Waals surface area contributed by atoms with Crippen LogP contribution in [0.25, 0.3) is 11.0 Å². The summed E-state index contributed by atoms with van der Waals surface area (Å²) in [5, 5.41) is 7.05. The van der Waals surface area contributed by atoms with E-state index in [1.54, 1.807) is 17.7 Å². The van der Waals surface area contributed by atoms with Gasteiger partial charge in [-0.05, 0) is 57.4 Å². The number of piperazine rings is 1. The Labute approximate surface area is 239 Å². The number of piperidine rings is 1. The summed E-state index contributed by atoms with van der Waals surface area (Å²) in [4.78, 5) is 44.4. The van der Waals surface area contributed by atoms with E-state index in [0.29, 0.717) is 29.5 Å². The minimum absolute atomic E-state index is 0.0300. The molecule has 6 rings (SSSR count). The van der Waals surface area contributed by atoms with Crippen molar-refractivity contribution in [2.75, 3.05) is 56.0 Å². The molecule has 3 aliphatic rings. The Morgan fingerprint density at radius 3 is 2.56 bits per heavy atom. The van der Waals surface area contributed by atoms with Crippen molar-refractivity contribution in [3.8, 4) is 0 Å². The van der Waals surface area contributed by atoms with E-state index in [2.05, 4.69) is 30.4 Å². The molecule has 0 amide bonds. The number of alkyl halides is 1. The van der Waals surface area contributed by atoms with E-state index in [-0.39, 0.29) is 28.9 Å². The fraction of sp³-hybridized carbons (Fsp3) is 0.567. The first kappa shape index (κ1) is 27.7. The minimum Gasteiger partial charge on any atom is -0.368 e. The molecule has 41 heavy (non-hydrogen) atoms. The largest absolute Gasteiger partial charge is 0.368 e. The van der Waals surface area contributed by atoms with Crippen LogP contribution >= 0.6 is 0 Å². The van der Waals surface area contributed by atoms with Gasteiger partial charge in [0.1, 0.15) is 17.6 Å². The topological polar surface area (TPSA) is 108 Å². The van der Waals surface area contributed by atoms with Crippen LogP contribution in [-0.2, 0) is 0 Å². The lowest BCUT2D eigenvalue weighted by Crippen LogP contribution is -2.50. The van der Waals surface area contributed by atoms with Crippen molar-refractivity contribution in [2.45, 2.75) is 58.2 Å². The van der Waals surface area contributed by atoms with Gasteiger partial charge in [-0.1, -0.05) is 12.8 Å². The normalized spacial score (nSPS) is 22.4. The molecule has 1 aliphatic carbocycles. The molecular formula is C30H39FN8O2. The number of Topliss-reactive ketones (excluding diaryl/α,β-unsaturated/α-hetero) is 1. The van der Waals surface area contributed by atoms with Crippen molar-refractivity contribution in [3.63, 3.8) is 0 Å². The molecule has 0 radical (unpaired) electrons. The average Bonchev–Trinajstić information content (AvgIpc) is 3.50. The maximum atomic E-state index is 14.2. The summed E-state index contributed by atoms with van der Waals surface area (Å²) in [7, 11) is 0. The third-order valence-corrected chi connectivity index (χ3v) is 9.01. The SMILES string of the molecule is CC(=O)c1c(C)c2cnc(Nc3ccc(N4CCN(CC5CCNCC5F)CC4)cn3)nc2n(C2CCCC2)c1=O. The quantitative estimate of drug-likeness (QED) is 0.418. The number of ketones is 1. The van der Waals surface area contributed by atoms with E-state index >= 15 is 0 Å². The predicted octanol–water partition coefficient (Wildman–Crippen LogP) is 3.63. The molecule has 2 unspecified atom stereocenters. The fourth-order valence-corrected chi connectivity index (χ4v) is 6.67. The standard InChI is InChI=1S/C30H39FN8O2/c1-19-24-16-34-30(36-28(24)39(22-5-3-4-6-22)29(41)27(19)20(2)40)35-26-8-7-23(15-33-26)38-13-11-37(12-14-38)18-21-9-10-32-17-25(21)31/h7-8,15-16,21-22,25,32H,3-6,9-14,17-18H2,1-2H3,(H,33,34,35,36). The predicted molar refractivity (Wildman–Crippen MR) is 158 cm³/mol. The van der Waals surface area contributed by atoms with Crippen molar-refractivity contribution in [3.05, 3.63) is 46.0 Å². The number of aromatic nitrogens is 4. The molecule has 3 fully saturated rings. The van der Waals surface area contributed by atoms with Gasteiger partial charge in [-0.25, -0.2) is 14.4 Å². The van der Waals surface area contributed by atoms with E-state index in [4.69, 9.17) is 4.98 Å². The third kappa shape index (κ3) is 5.70. The highest BCUT2D eigenvalue weighted by atomic mass is 19.1. The molecule has 2 saturated heterocycles. The Bertz CT molecular complexity index is 1460. The molecule has 0 aromatic carbocycles. The molecule has 0 spiro atoms. The van der Waals surface area contributed by atoms with Crippen LogP contribution in [0.5, 0.6) is 0 Å². The van der Waals surface area contributed by atoms with Gasteiger partial charge in [0, 0.05) is 62.8 Å². The molecule has 1 saturated carbocycles. The number of aryl methyl sites for hydroxylation is 1. The number of fused-ring (bicyclic) bond motifs is 1. The van der Waals surface area contributed by atoms with Crippen LogP contribution in [-0.4, -0.2) is 82.2 Å². The number of nitrogens with zero attached hydrogens (tertiary/aromatic N) is 6. The summed E-state index contributed by atoms with van der Waals surface area (Å²) >= 11 is 0. The zero-order chi connectivity index (χ0) is 28.5. The van der Waals surface area contributed by atoms with E-state index in [1.165, 1.54) is 6.92 Å². The zero-order valence-electron chi connectivity index (χ0n) is 23.9. The first-order valence-corrected chi connectivity index (χ1v) is 14.9. The van der Waals surface area contributed by atoms with Gasteiger partial charge in [0.2, 0.25) is 5.95 Å². The Hall–Kier alpha value is -3.44. The van der Waals surface area contributed by atoms with E-state index in [0.717, 1.165) is 82.4 Å². The highest BCUT2D eigenvalue weighted by molar-refractivity contribution is 5.99. The molecule has 3 aromatic rings. The summed E-state index contributed by atoms with van der Waals surface area (Å²) < 4.78 is 16.0. The van der Waals surface area contributed by atoms with Crippen molar-refractivity contribution in [2.24, 2.45) is 5.92 Å². The van der Waals surface area contributed by atoms with Crippen LogP contribution in [0.3, 0.4) is 0 Å². The summed E-state index contributed by atoms with van der Waals surface area (Å²) in [6.07, 6.45) is 7.59. The summed E-state index contributed by atoms with van der Waals surface area (Å²) in [5.74, 6) is 0.861. The van der Waals surface area contributed by atoms with Gasteiger partial charge in [0.25, 0.3) is 5.56 Å². The number of carbonyl (C=O) groups excluding carboxylic acids is 1. The van der Waals surface area contributed by atoms with Gasteiger partial charge in [-0.2, -0.15) is 4.98 Å². The number of hydrogen-bond donors (Lipinski definition) is 2. The summed E-state index contributed by atoms with van der Waals surface area (Å²) in [5.41, 5.74) is 2.19. The number of hydrogen-bond acceptors (Lipinski definition) is 9. The molecule has 2 atom stereocenters. The van der Waals surface area contributed by atoms with Gasteiger partial charge in [-0.15, -0.1) is 0 Å². The zero-order valence-corrected chi connectivity index (χ0v) is 23.9. The first-order valence-electron chi connectivity index (χ1n) is 14.9. The van der Waals surface area contributed by atoms with Gasteiger partial charge in [0.05, 0.1) is 17.4 Å². The average molecular weight is 563 g/mol. The Morgan fingerprint density at radius 2 is 1.88 bits per heavy atom. The lowest BCUT2D eigenvalue weighted by atomic mass is 9.95. The second kappa shape index (κ2) is 11.8. The lowest BCUT2D eigenvalue weighted by Gasteiger charge is -2.39. The Kier molecular flexibility index (Phi) is 7.99. The molecule has 10 nitrogen and oxygen atoms in total. The maximum absolute atomic E-state index is 14.2. The fourth-order valence-electron chi connectivity index (χ4n) is 6.67. The number of anilines is 3. The molecule has 218 valence electrons. The van der Waals surface area contributed by atoms with Crippen LogP contribution in [0.15, 0.2) is 29.3 Å². The second-order valence-electron chi connectivity index (χ2n) is 11.7. The minimum atomic E-state index is -0.755. The van der Waals surface area contributed by atoms with Crippen LogP contribution < -0.4 is 21.1 Å². The van der Waals surface area contributed by atoms with E-state index < -0.39 is 6.17 Å². The Morgan fingerprint density at radius 1 is 1.10 bits per heavy atom. The number of rotatable bonds is 7. The molecular weight excluding hydrogens is 523 g/mol. The number of nitrogens with one attached hydrogen (secondary N) is 2. The van der Waals surface area contributed by atoms with Gasteiger partial charge < -0.3 is 15.5 Å². The monoisotopic (exact) mass is 562 g/mol. The van der Waals surface area contributed by atoms with E-state index in [1.807, 2.05) is 18.3 Å². The summed E-state index contributed by atoms with van der Waals surface area (Å²) in [6.45, 7) is 9.02. The van der Waals surface area contributed by atoms with Crippen molar-refractivity contribution < 1.29 is 9.18 Å². The summed E-state index contributed by atoms with van der Waals surface area (Å²) in [6, 6.07) is 3.97. The number of pyridine rings is 2. The molecule has 3 aromatic heterocycles. The Balaban J connectivity index is 1.16. The van der Waals surface area contributed by atoms with Gasteiger partial charge in [0.15, 0.2) is 5.78 Å². The smallest absolute Gasteiger partial charge is 0.263 e. The molecule has 2 aliphatic heterocycles. The van der Waals surface area contributed by atoms with E-state index in [9.17, 15) is 14.0 Å². The van der Waals surface area contributed by atoms with Crippen molar-refractivity contribution in [1.82, 2.24) is 29.7 Å². The lowest BCUT2D eigenvalue weighted by molar-refractivity contribution is 0.101. The van der Waals surface area contributed by atoms with Crippen LogP contribution in [0.4, 0.5) is 21.8 Å². The number of carbonyl (C=O) groups is 1. The molecule has 0 bridgehead atoms. The molecule has 2 N–H and O–H groups in total. The third-order valence-electron chi connectivity index (χ3n) is 9.01. The maximum Gasteiger partial charge on any atom is 0.263 e.